The fourth-order valence-electron chi connectivity index (χ4n) is 6.94. The second-order valence-electron chi connectivity index (χ2n) is 11.8. The summed E-state index contributed by atoms with van der Waals surface area (Å²) in [5.41, 5.74) is 11.1. The summed E-state index contributed by atoms with van der Waals surface area (Å²) in [6, 6.07) is 53.4. The highest BCUT2D eigenvalue weighted by Crippen LogP contribution is 2.39. The van der Waals surface area contributed by atoms with E-state index < -0.39 is 0 Å². The van der Waals surface area contributed by atoms with Crippen molar-refractivity contribution in [2.75, 3.05) is 6.54 Å². The van der Waals surface area contributed by atoms with Gasteiger partial charge in [0.2, 0.25) is 0 Å². The van der Waals surface area contributed by atoms with E-state index in [1.54, 1.807) is 0 Å². The fourth-order valence-corrected chi connectivity index (χ4v) is 6.94. The lowest BCUT2D eigenvalue weighted by molar-refractivity contribution is 0.976. The summed E-state index contributed by atoms with van der Waals surface area (Å²) in [7, 11) is 0. The van der Waals surface area contributed by atoms with Crippen LogP contribution < -0.4 is 5.32 Å². The van der Waals surface area contributed by atoms with Gasteiger partial charge in [0.05, 0.1) is 11.0 Å². The molecule has 0 atom stereocenters. The van der Waals surface area contributed by atoms with E-state index in [4.69, 9.17) is 0 Å². The fraction of sp³-hybridized carbons (Fsp3) is 0.0233. The van der Waals surface area contributed by atoms with Gasteiger partial charge in [-0.1, -0.05) is 115 Å². The Hall–Kier alpha value is -5.86. The van der Waals surface area contributed by atoms with Crippen molar-refractivity contribution >= 4 is 48.9 Å². The van der Waals surface area contributed by atoms with Crippen molar-refractivity contribution in [3.8, 4) is 27.9 Å². The zero-order valence-corrected chi connectivity index (χ0v) is 24.7. The molecule has 0 spiro atoms. The average Bonchev–Trinajstić information content (AvgIpc) is 3.46. The lowest BCUT2D eigenvalue weighted by Gasteiger charge is -2.12. The molecular formula is C43H30N2. The summed E-state index contributed by atoms with van der Waals surface area (Å²) in [6.45, 7) is 0.852. The molecule has 0 saturated heterocycles. The van der Waals surface area contributed by atoms with Crippen LogP contribution in [-0.4, -0.2) is 11.1 Å². The quantitative estimate of drug-likeness (QED) is 0.221. The summed E-state index contributed by atoms with van der Waals surface area (Å²) in [5.74, 6) is 0. The highest BCUT2D eigenvalue weighted by atomic mass is 15.0. The number of hydrogen-bond donors (Lipinski definition) is 1. The molecule has 212 valence electrons. The van der Waals surface area contributed by atoms with E-state index in [0.29, 0.717) is 0 Å². The van der Waals surface area contributed by atoms with Crippen LogP contribution >= 0.6 is 0 Å². The van der Waals surface area contributed by atoms with Crippen LogP contribution in [0.3, 0.4) is 0 Å². The van der Waals surface area contributed by atoms with Gasteiger partial charge in [0.25, 0.3) is 0 Å². The van der Waals surface area contributed by atoms with Crippen LogP contribution in [-0.2, 0) is 0 Å². The first-order chi connectivity index (χ1) is 22.3. The number of aromatic nitrogens is 1. The first-order valence-electron chi connectivity index (χ1n) is 15.6. The Bertz CT molecular complexity index is 2460. The zero-order chi connectivity index (χ0) is 29.7. The Morgan fingerprint density at radius 2 is 1.07 bits per heavy atom. The first kappa shape index (κ1) is 25.6. The third-order valence-corrected chi connectivity index (χ3v) is 9.19. The number of para-hydroxylation sites is 1. The second kappa shape index (κ2) is 10.4. The molecule has 45 heavy (non-hydrogen) atoms. The molecule has 8 aromatic rings. The minimum absolute atomic E-state index is 0.852. The van der Waals surface area contributed by atoms with Crippen LogP contribution in [0.25, 0.3) is 76.9 Å². The molecule has 0 unspecified atom stereocenters. The van der Waals surface area contributed by atoms with Crippen molar-refractivity contribution in [3.63, 3.8) is 0 Å². The number of fused-ring (bicyclic) bond motifs is 6. The topological polar surface area (TPSA) is 17.0 Å². The lowest BCUT2D eigenvalue weighted by atomic mass is 9.96. The van der Waals surface area contributed by atoms with Gasteiger partial charge in [-0.25, -0.2) is 0 Å². The smallest absolute Gasteiger partial charge is 0.0619 e. The van der Waals surface area contributed by atoms with Crippen LogP contribution in [0.5, 0.6) is 0 Å². The molecule has 2 heteroatoms. The minimum Gasteiger partial charge on any atom is -0.387 e. The number of hydrogen-bond acceptors (Lipinski definition) is 1. The van der Waals surface area contributed by atoms with Crippen molar-refractivity contribution in [1.82, 2.24) is 9.88 Å². The van der Waals surface area contributed by atoms with E-state index in [9.17, 15) is 0 Å². The summed E-state index contributed by atoms with van der Waals surface area (Å²) in [4.78, 5) is 0. The van der Waals surface area contributed by atoms with Crippen molar-refractivity contribution < 1.29 is 0 Å². The Morgan fingerprint density at radius 3 is 1.80 bits per heavy atom. The molecule has 2 heterocycles. The van der Waals surface area contributed by atoms with Gasteiger partial charge in [-0.05, 0) is 98.2 Å². The number of nitrogens with one attached hydrogen (secondary N) is 1. The van der Waals surface area contributed by atoms with Gasteiger partial charge in [-0.3, -0.25) is 0 Å². The maximum Gasteiger partial charge on any atom is 0.0619 e. The average molecular weight is 575 g/mol. The van der Waals surface area contributed by atoms with Crippen LogP contribution in [0.2, 0.25) is 0 Å². The Kier molecular flexibility index (Phi) is 5.92. The zero-order valence-electron chi connectivity index (χ0n) is 24.7. The van der Waals surface area contributed by atoms with Gasteiger partial charge in [0.15, 0.2) is 0 Å². The molecule has 0 aliphatic carbocycles. The van der Waals surface area contributed by atoms with Crippen LogP contribution in [0, 0.1) is 0 Å². The summed E-state index contributed by atoms with van der Waals surface area (Å²) >= 11 is 0. The molecule has 0 fully saturated rings. The first-order valence-corrected chi connectivity index (χ1v) is 15.6. The van der Waals surface area contributed by atoms with Gasteiger partial charge in [-0.2, -0.15) is 0 Å². The largest absolute Gasteiger partial charge is 0.387 e. The van der Waals surface area contributed by atoms with E-state index in [1.807, 2.05) is 6.20 Å². The van der Waals surface area contributed by atoms with Crippen LogP contribution in [0.15, 0.2) is 164 Å². The Labute approximate surface area is 262 Å². The maximum atomic E-state index is 3.27. The van der Waals surface area contributed by atoms with E-state index in [0.717, 1.165) is 6.54 Å². The minimum atomic E-state index is 0.852. The summed E-state index contributed by atoms with van der Waals surface area (Å²) < 4.78 is 2.45. The van der Waals surface area contributed by atoms with Gasteiger partial charge >= 0.3 is 0 Å². The highest BCUT2D eigenvalue weighted by Gasteiger charge is 2.17. The number of rotatable bonds is 4. The number of dihydropyridines is 1. The predicted octanol–water partition coefficient (Wildman–Crippen LogP) is 10.9. The normalized spacial score (nSPS) is 13.0. The maximum absolute atomic E-state index is 3.27. The standard InChI is InChI=1S/C43H30N2/c1-3-7-29(8-4-1)31-11-12-33-26-34(14-13-32(33)25-31)35-15-18-39-37(27-35)17-20-41-40-19-16-36(30-21-23-44-24-22-30)28-42(40)45(43(39)41)38-9-5-2-6-10-38/h1-23,25-28,44H,24H2. The summed E-state index contributed by atoms with van der Waals surface area (Å²) in [5, 5.41) is 10.8. The molecule has 0 bridgehead atoms. The van der Waals surface area contributed by atoms with E-state index >= 15 is 0 Å². The molecule has 1 aliphatic rings. The SMILES string of the molecule is C1=CC(c2ccc3c4ccc5cc(-c6ccc7cc(-c8ccccc8)ccc7c6)ccc5c4n(-c4ccccc4)c3c2)=CCN1. The third-order valence-electron chi connectivity index (χ3n) is 9.19. The molecule has 1 N–H and O–H groups in total. The predicted molar refractivity (Wildman–Crippen MR) is 192 cm³/mol. The number of benzene rings is 7. The molecule has 7 aromatic carbocycles. The Morgan fingerprint density at radius 1 is 0.467 bits per heavy atom. The van der Waals surface area contributed by atoms with Gasteiger partial charge in [0.1, 0.15) is 0 Å². The number of allylic oxidation sites excluding steroid dienone is 2. The van der Waals surface area contributed by atoms with Crippen molar-refractivity contribution in [2.45, 2.75) is 0 Å². The molecule has 9 rings (SSSR count). The molecule has 0 saturated carbocycles. The van der Waals surface area contributed by atoms with Gasteiger partial charge in [-0.15, -0.1) is 0 Å². The van der Waals surface area contributed by atoms with Crippen molar-refractivity contribution in [1.29, 1.82) is 0 Å². The third kappa shape index (κ3) is 4.34. The van der Waals surface area contributed by atoms with Crippen LogP contribution in [0.4, 0.5) is 0 Å². The monoisotopic (exact) mass is 574 g/mol. The van der Waals surface area contributed by atoms with Crippen LogP contribution in [0.1, 0.15) is 5.56 Å². The van der Waals surface area contributed by atoms with E-state index in [-0.39, 0.29) is 0 Å². The molecule has 0 amide bonds. The summed E-state index contributed by atoms with van der Waals surface area (Å²) in [6.07, 6.45) is 6.45. The molecule has 2 nitrogen and oxygen atoms in total. The number of nitrogens with zero attached hydrogens (tertiary/aromatic N) is 1. The molecule has 0 radical (unpaired) electrons. The van der Waals surface area contributed by atoms with Crippen molar-refractivity contribution in [3.05, 3.63) is 170 Å². The van der Waals surface area contributed by atoms with E-state index in [2.05, 4.69) is 168 Å². The lowest BCUT2D eigenvalue weighted by Crippen LogP contribution is -2.08. The Balaban J connectivity index is 1.20. The molecular weight excluding hydrogens is 544 g/mol. The second-order valence-corrected chi connectivity index (χ2v) is 11.8. The van der Waals surface area contributed by atoms with Gasteiger partial charge < -0.3 is 9.88 Å². The molecule has 1 aromatic heterocycles. The highest BCUT2D eigenvalue weighted by molar-refractivity contribution is 6.19. The van der Waals surface area contributed by atoms with E-state index in [1.165, 1.54) is 82.4 Å². The van der Waals surface area contributed by atoms with Crippen molar-refractivity contribution in [2.24, 2.45) is 0 Å². The van der Waals surface area contributed by atoms with Gasteiger partial charge in [0, 0.05) is 28.4 Å². The molecule has 1 aliphatic heterocycles.